The lowest BCUT2D eigenvalue weighted by Gasteiger charge is -2.21. The van der Waals surface area contributed by atoms with Crippen LogP contribution in [0.1, 0.15) is 40.8 Å². The van der Waals surface area contributed by atoms with Crippen LogP contribution in [0.5, 0.6) is 0 Å². The van der Waals surface area contributed by atoms with Gasteiger partial charge in [-0.25, -0.2) is 18.2 Å². The van der Waals surface area contributed by atoms with Crippen molar-refractivity contribution in [2.45, 2.75) is 43.4 Å². The van der Waals surface area contributed by atoms with Crippen molar-refractivity contribution in [2.75, 3.05) is 6.61 Å². The number of carbonyl (C=O) groups is 1. The Morgan fingerprint density at radius 1 is 1.36 bits per heavy atom. The molecule has 0 spiro atoms. The monoisotopic (exact) mass is 434 g/mol. The Balaban J connectivity index is 1.87. The maximum absolute atomic E-state index is 13.0. The summed E-state index contributed by atoms with van der Waals surface area (Å²) in [5, 5.41) is 1.83. The number of hydrogen-bond donors (Lipinski definition) is 0. The molecule has 2 aromatic rings. The van der Waals surface area contributed by atoms with Gasteiger partial charge in [0.25, 0.3) is 0 Å². The molecule has 0 amide bonds. The maximum atomic E-state index is 13.0. The quantitative estimate of drug-likeness (QED) is 0.621. The van der Waals surface area contributed by atoms with Crippen molar-refractivity contribution in [3.05, 3.63) is 45.9 Å². The number of benzene rings is 1. The van der Waals surface area contributed by atoms with Crippen LogP contribution >= 0.6 is 11.3 Å². The number of aromatic nitrogens is 1. The van der Waals surface area contributed by atoms with Crippen LogP contribution in [0.25, 0.3) is 0 Å². The lowest BCUT2D eigenvalue weighted by atomic mass is 10.2. The number of carbonyl (C=O) groups excluding carboxylic acids is 1. The highest BCUT2D eigenvalue weighted by atomic mass is 32.2. The van der Waals surface area contributed by atoms with Crippen LogP contribution < -0.4 is 0 Å². The Bertz CT molecular complexity index is 969. The molecule has 1 aliphatic rings. The summed E-state index contributed by atoms with van der Waals surface area (Å²) in [6.45, 7) is 1.72. The number of rotatable bonds is 7. The Hall–Kier alpha value is -1.98. The van der Waals surface area contributed by atoms with Crippen molar-refractivity contribution in [3.63, 3.8) is 0 Å². The number of nitrogens with zero attached hydrogens (tertiary/aromatic N) is 2. The van der Waals surface area contributed by atoms with Crippen molar-refractivity contribution < 1.29 is 31.1 Å². The van der Waals surface area contributed by atoms with Gasteiger partial charge in [-0.3, -0.25) is 0 Å². The summed E-state index contributed by atoms with van der Waals surface area (Å²) in [6.07, 6.45) is -3.40. The van der Waals surface area contributed by atoms with E-state index >= 15 is 0 Å². The average molecular weight is 434 g/mol. The molecule has 0 unspecified atom stereocenters. The first-order valence-electron chi connectivity index (χ1n) is 8.43. The van der Waals surface area contributed by atoms with Crippen LogP contribution in [0.4, 0.5) is 13.2 Å². The Labute approximate surface area is 164 Å². The van der Waals surface area contributed by atoms with Crippen molar-refractivity contribution in [2.24, 2.45) is 0 Å². The molecule has 1 aliphatic carbocycles. The predicted molar refractivity (Wildman–Crippen MR) is 95.3 cm³/mol. The smallest absolute Gasteiger partial charge is 0.416 e. The van der Waals surface area contributed by atoms with Gasteiger partial charge in [0.15, 0.2) is 5.69 Å². The Morgan fingerprint density at radius 2 is 2.07 bits per heavy atom. The minimum absolute atomic E-state index is 0.0778. The minimum Gasteiger partial charge on any atom is -0.461 e. The van der Waals surface area contributed by atoms with Crippen LogP contribution in [-0.2, 0) is 27.5 Å². The number of hydrogen-bond acceptors (Lipinski definition) is 6. The average Bonchev–Trinajstić information content (AvgIpc) is 3.36. The summed E-state index contributed by atoms with van der Waals surface area (Å²) in [4.78, 5) is 15.4. The lowest BCUT2D eigenvalue weighted by molar-refractivity contribution is -0.137. The molecule has 1 saturated carbocycles. The van der Waals surface area contributed by atoms with Gasteiger partial charge in [-0.15, -0.1) is 11.3 Å². The third-order valence-electron chi connectivity index (χ3n) is 4.05. The molecule has 1 aromatic carbocycles. The Morgan fingerprint density at radius 3 is 2.68 bits per heavy atom. The minimum atomic E-state index is -4.64. The summed E-state index contributed by atoms with van der Waals surface area (Å²) >= 11 is 1.10. The number of halogens is 3. The summed E-state index contributed by atoms with van der Waals surface area (Å²) in [6, 6.07) is 3.38. The van der Waals surface area contributed by atoms with E-state index in [1.807, 2.05) is 0 Å². The molecule has 0 saturated heterocycles. The molecule has 0 radical (unpaired) electrons. The fourth-order valence-electron chi connectivity index (χ4n) is 2.56. The summed E-state index contributed by atoms with van der Waals surface area (Å²) in [7, 11) is -4.16. The molecule has 0 atom stereocenters. The zero-order valence-corrected chi connectivity index (χ0v) is 16.4. The second-order valence-electron chi connectivity index (χ2n) is 6.15. The number of ether oxygens (including phenoxy) is 1. The third kappa shape index (κ3) is 4.53. The first-order valence-corrected chi connectivity index (χ1v) is 10.8. The van der Waals surface area contributed by atoms with Gasteiger partial charge >= 0.3 is 12.1 Å². The van der Waals surface area contributed by atoms with Crippen LogP contribution in [-0.4, -0.2) is 36.3 Å². The third-order valence-corrected chi connectivity index (χ3v) is 6.78. The van der Waals surface area contributed by atoms with E-state index in [9.17, 15) is 26.4 Å². The van der Waals surface area contributed by atoms with Crippen LogP contribution in [0, 0.1) is 0 Å². The standard InChI is InChI=1S/C17H17F3N2O4S2/c1-2-26-16(23)14-10-27-15(21-14)9-22(12-6-7-12)28(24,25)13-5-3-4-11(8-13)17(18,19)20/h3-5,8,10,12H,2,6-7,9H2,1H3. The van der Waals surface area contributed by atoms with Gasteiger partial charge in [-0.1, -0.05) is 6.07 Å². The molecule has 1 aromatic heterocycles. The molecule has 152 valence electrons. The van der Waals surface area contributed by atoms with E-state index in [1.165, 1.54) is 5.38 Å². The molecular weight excluding hydrogens is 417 g/mol. The topological polar surface area (TPSA) is 76.6 Å². The molecule has 6 nitrogen and oxygen atoms in total. The van der Waals surface area contributed by atoms with Crippen molar-refractivity contribution in [1.82, 2.24) is 9.29 Å². The molecule has 0 N–H and O–H groups in total. The van der Waals surface area contributed by atoms with Crippen LogP contribution in [0.3, 0.4) is 0 Å². The van der Waals surface area contributed by atoms with E-state index in [2.05, 4.69) is 4.98 Å². The van der Waals surface area contributed by atoms with E-state index in [1.54, 1.807) is 6.92 Å². The second kappa shape index (κ2) is 7.80. The van der Waals surface area contributed by atoms with Crippen molar-refractivity contribution in [1.29, 1.82) is 0 Å². The van der Waals surface area contributed by atoms with Gasteiger partial charge in [0, 0.05) is 11.4 Å². The fraction of sp³-hybridized carbons (Fsp3) is 0.412. The largest absolute Gasteiger partial charge is 0.461 e. The highest BCUT2D eigenvalue weighted by Crippen LogP contribution is 2.36. The van der Waals surface area contributed by atoms with Crippen LogP contribution in [0.15, 0.2) is 34.5 Å². The van der Waals surface area contributed by atoms with E-state index in [0.29, 0.717) is 23.9 Å². The highest BCUT2D eigenvalue weighted by molar-refractivity contribution is 7.89. The summed E-state index contributed by atoms with van der Waals surface area (Å²) in [5.74, 6) is -0.608. The first-order chi connectivity index (χ1) is 13.1. The molecule has 28 heavy (non-hydrogen) atoms. The van der Waals surface area contributed by atoms with E-state index < -0.39 is 32.6 Å². The van der Waals surface area contributed by atoms with Gasteiger partial charge in [-0.05, 0) is 38.0 Å². The molecule has 0 aliphatic heterocycles. The zero-order chi connectivity index (χ0) is 20.5. The zero-order valence-electron chi connectivity index (χ0n) is 14.8. The van der Waals surface area contributed by atoms with E-state index in [0.717, 1.165) is 33.8 Å². The maximum Gasteiger partial charge on any atom is 0.416 e. The van der Waals surface area contributed by atoms with Gasteiger partial charge < -0.3 is 4.74 Å². The molecule has 3 rings (SSSR count). The molecule has 1 fully saturated rings. The summed E-state index contributed by atoms with van der Waals surface area (Å²) in [5.41, 5.74) is -0.947. The molecule has 1 heterocycles. The first kappa shape index (κ1) is 20.7. The van der Waals surface area contributed by atoms with Gasteiger partial charge in [0.2, 0.25) is 10.0 Å². The van der Waals surface area contributed by atoms with Crippen molar-refractivity contribution in [3.8, 4) is 0 Å². The normalized spacial score (nSPS) is 15.0. The SMILES string of the molecule is CCOC(=O)c1csc(CN(C2CC2)S(=O)(=O)c2cccc(C(F)(F)F)c2)n1. The second-order valence-corrected chi connectivity index (χ2v) is 8.99. The van der Waals surface area contributed by atoms with Gasteiger partial charge in [0.05, 0.1) is 23.6 Å². The van der Waals surface area contributed by atoms with Gasteiger partial charge in [-0.2, -0.15) is 17.5 Å². The van der Waals surface area contributed by atoms with E-state index in [4.69, 9.17) is 4.74 Å². The summed E-state index contributed by atoms with van der Waals surface area (Å²) < 4.78 is 70.8. The number of esters is 1. The lowest BCUT2D eigenvalue weighted by Crippen LogP contribution is -2.32. The Kier molecular flexibility index (Phi) is 5.78. The number of alkyl halides is 3. The fourth-order valence-corrected chi connectivity index (χ4v) is 5.09. The number of sulfonamides is 1. The predicted octanol–water partition coefficient (Wildman–Crippen LogP) is 3.69. The number of thiazole rings is 1. The molecule has 11 heteroatoms. The molecular formula is C17H17F3N2O4S2. The highest BCUT2D eigenvalue weighted by Gasteiger charge is 2.40. The van der Waals surface area contributed by atoms with Crippen molar-refractivity contribution >= 4 is 27.3 Å². The molecule has 0 bridgehead atoms. The van der Waals surface area contributed by atoms with Crippen LogP contribution in [0.2, 0.25) is 0 Å². The van der Waals surface area contributed by atoms with Gasteiger partial charge in [0.1, 0.15) is 5.01 Å². The van der Waals surface area contributed by atoms with E-state index in [-0.39, 0.29) is 24.9 Å².